The number of hydrogen-bond donors (Lipinski definition) is 2. The topological polar surface area (TPSA) is 73.1 Å². The summed E-state index contributed by atoms with van der Waals surface area (Å²) in [7, 11) is 1.65. The molecule has 104 valence electrons. The third-order valence-corrected chi connectivity index (χ3v) is 3.32. The SMILES string of the molecule is COc1ccc(C)cc1Nc1cc(N)nc(C2CC2)n1. The molecule has 0 bridgehead atoms. The van der Waals surface area contributed by atoms with E-state index in [1.807, 2.05) is 25.1 Å². The minimum atomic E-state index is 0.471. The molecular formula is C15H18N4O. The fraction of sp³-hybridized carbons (Fsp3) is 0.333. The number of nitrogens with zero attached hydrogens (tertiary/aromatic N) is 2. The van der Waals surface area contributed by atoms with Gasteiger partial charge in [-0.25, -0.2) is 9.97 Å². The Morgan fingerprint density at radius 2 is 2.05 bits per heavy atom. The minimum Gasteiger partial charge on any atom is -0.495 e. The molecule has 1 heterocycles. The van der Waals surface area contributed by atoms with Gasteiger partial charge in [-0.2, -0.15) is 0 Å². The first-order chi connectivity index (χ1) is 9.65. The summed E-state index contributed by atoms with van der Waals surface area (Å²) in [6.45, 7) is 2.04. The van der Waals surface area contributed by atoms with Crippen LogP contribution in [0.15, 0.2) is 24.3 Å². The molecule has 0 radical (unpaired) electrons. The van der Waals surface area contributed by atoms with Crippen molar-refractivity contribution in [2.75, 3.05) is 18.2 Å². The summed E-state index contributed by atoms with van der Waals surface area (Å²) in [4.78, 5) is 8.83. The molecule has 1 aliphatic carbocycles. The number of benzene rings is 1. The standard InChI is InChI=1S/C15H18N4O/c1-9-3-6-12(20-2)11(7-9)17-14-8-13(16)18-15(19-14)10-4-5-10/h3,6-8,10H,4-5H2,1-2H3,(H3,16,17,18,19). The molecular weight excluding hydrogens is 252 g/mol. The van der Waals surface area contributed by atoms with Gasteiger partial charge in [0.2, 0.25) is 0 Å². The summed E-state index contributed by atoms with van der Waals surface area (Å²) < 4.78 is 5.36. The van der Waals surface area contributed by atoms with Crippen LogP contribution in [0.2, 0.25) is 0 Å². The van der Waals surface area contributed by atoms with Crippen LogP contribution < -0.4 is 15.8 Å². The molecule has 5 heteroatoms. The molecule has 20 heavy (non-hydrogen) atoms. The second kappa shape index (κ2) is 5.00. The van der Waals surface area contributed by atoms with E-state index in [1.165, 1.54) is 0 Å². The first kappa shape index (κ1) is 12.7. The van der Waals surface area contributed by atoms with Crippen LogP contribution in [0.1, 0.15) is 30.1 Å². The molecule has 5 nitrogen and oxygen atoms in total. The van der Waals surface area contributed by atoms with Gasteiger partial charge in [0.1, 0.15) is 23.2 Å². The number of ether oxygens (including phenoxy) is 1. The van der Waals surface area contributed by atoms with Gasteiger partial charge in [-0.3, -0.25) is 0 Å². The van der Waals surface area contributed by atoms with E-state index in [0.717, 1.165) is 35.7 Å². The molecule has 1 aromatic heterocycles. The van der Waals surface area contributed by atoms with Crippen LogP contribution in [-0.2, 0) is 0 Å². The third kappa shape index (κ3) is 2.66. The lowest BCUT2D eigenvalue weighted by molar-refractivity contribution is 0.416. The number of aromatic nitrogens is 2. The van der Waals surface area contributed by atoms with Crippen LogP contribution in [0.5, 0.6) is 5.75 Å². The van der Waals surface area contributed by atoms with E-state index in [1.54, 1.807) is 13.2 Å². The number of anilines is 3. The van der Waals surface area contributed by atoms with Gasteiger partial charge in [-0.1, -0.05) is 6.07 Å². The molecule has 0 atom stereocenters. The summed E-state index contributed by atoms with van der Waals surface area (Å²) in [5.74, 6) is 3.29. The van der Waals surface area contributed by atoms with Crippen molar-refractivity contribution >= 4 is 17.3 Å². The summed E-state index contributed by atoms with van der Waals surface area (Å²) in [6.07, 6.45) is 2.30. The van der Waals surface area contributed by atoms with Crippen LogP contribution in [0.25, 0.3) is 0 Å². The molecule has 1 aromatic carbocycles. The van der Waals surface area contributed by atoms with Crippen molar-refractivity contribution in [3.05, 3.63) is 35.7 Å². The predicted octanol–water partition coefficient (Wildman–Crippen LogP) is 3.00. The smallest absolute Gasteiger partial charge is 0.142 e. The average molecular weight is 270 g/mol. The van der Waals surface area contributed by atoms with Crippen molar-refractivity contribution in [1.82, 2.24) is 9.97 Å². The summed E-state index contributed by atoms with van der Waals surface area (Å²) in [5, 5.41) is 3.27. The highest BCUT2D eigenvalue weighted by Crippen LogP contribution is 2.39. The minimum absolute atomic E-state index is 0.471. The van der Waals surface area contributed by atoms with Crippen molar-refractivity contribution < 1.29 is 4.74 Å². The van der Waals surface area contributed by atoms with Crippen molar-refractivity contribution in [3.63, 3.8) is 0 Å². The Morgan fingerprint density at radius 3 is 2.75 bits per heavy atom. The van der Waals surface area contributed by atoms with Crippen LogP contribution in [-0.4, -0.2) is 17.1 Å². The van der Waals surface area contributed by atoms with Crippen molar-refractivity contribution in [1.29, 1.82) is 0 Å². The van der Waals surface area contributed by atoms with Crippen LogP contribution in [0, 0.1) is 6.92 Å². The van der Waals surface area contributed by atoms with Crippen LogP contribution in [0.3, 0.4) is 0 Å². The Balaban J connectivity index is 1.92. The lowest BCUT2D eigenvalue weighted by Crippen LogP contribution is -2.03. The van der Waals surface area contributed by atoms with Gasteiger partial charge in [-0.05, 0) is 37.5 Å². The zero-order chi connectivity index (χ0) is 14.1. The lowest BCUT2D eigenvalue weighted by atomic mass is 10.2. The maximum absolute atomic E-state index is 5.86. The molecule has 1 fully saturated rings. The maximum Gasteiger partial charge on any atom is 0.142 e. The molecule has 3 rings (SSSR count). The molecule has 3 N–H and O–H groups in total. The van der Waals surface area contributed by atoms with E-state index in [2.05, 4.69) is 15.3 Å². The second-order valence-electron chi connectivity index (χ2n) is 5.14. The van der Waals surface area contributed by atoms with Gasteiger partial charge in [0.05, 0.1) is 12.8 Å². The van der Waals surface area contributed by atoms with Gasteiger partial charge in [-0.15, -0.1) is 0 Å². The molecule has 0 unspecified atom stereocenters. The Bertz CT molecular complexity index is 638. The van der Waals surface area contributed by atoms with Gasteiger partial charge in [0.25, 0.3) is 0 Å². The van der Waals surface area contributed by atoms with Gasteiger partial charge in [0, 0.05) is 12.0 Å². The fourth-order valence-corrected chi connectivity index (χ4v) is 2.13. The Hall–Kier alpha value is -2.30. The zero-order valence-corrected chi connectivity index (χ0v) is 11.7. The molecule has 0 saturated heterocycles. The molecule has 2 aromatic rings. The summed E-state index contributed by atoms with van der Waals surface area (Å²) >= 11 is 0. The number of nitrogens with two attached hydrogens (primary N) is 1. The van der Waals surface area contributed by atoms with Crippen molar-refractivity contribution in [2.24, 2.45) is 0 Å². The second-order valence-corrected chi connectivity index (χ2v) is 5.14. The number of methoxy groups -OCH3 is 1. The number of hydrogen-bond acceptors (Lipinski definition) is 5. The highest BCUT2D eigenvalue weighted by molar-refractivity contribution is 5.66. The highest BCUT2D eigenvalue weighted by Gasteiger charge is 2.27. The molecule has 1 aliphatic rings. The third-order valence-electron chi connectivity index (χ3n) is 3.32. The quantitative estimate of drug-likeness (QED) is 0.893. The first-order valence-electron chi connectivity index (χ1n) is 6.72. The van der Waals surface area contributed by atoms with Gasteiger partial charge >= 0.3 is 0 Å². The largest absolute Gasteiger partial charge is 0.495 e. The molecule has 0 spiro atoms. The number of aryl methyl sites for hydroxylation is 1. The lowest BCUT2D eigenvalue weighted by Gasteiger charge is -2.12. The van der Waals surface area contributed by atoms with E-state index in [9.17, 15) is 0 Å². The van der Waals surface area contributed by atoms with E-state index in [-0.39, 0.29) is 0 Å². The highest BCUT2D eigenvalue weighted by atomic mass is 16.5. The van der Waals surface area contributed by atoms with Crippen LogP contribution >= 0.6 is 0 Å². The monoisotopic (exact) mass is 270 g/mol. The average Bonchev–Trinajstić information content (AvgIpc) is 3.22. The predicted molar refractivity (Wildman–Crippen MR) is 79.4 cm³/mol. The van der Waals surface area contributed by atoms with Gasteiger partial charge in [0.15, 0.2) is 0 Å². The van der Waals surface area contributed by atoms with Gasteiger partial charge < -0.3 is 15.8 Å². The maximum atomic E-state index is 5.86. The van der Waals surface area contributed by atoms with Crippen LogP contribution in [0.4, 0.5) is 17.3 Å². The fourth-order valence-electron chi connectivity index (χ4n) is 2.13. The van der Waals surface area contributed by atoms with E-state index < -0.39 is 0 Å². The number of nitrogens with one attached hydrogen (secondary N) is 1. The summed E-state index contributed by atoms with van der Waals surface area (Å²) in [5.41, 5.74) is 7.89. The van der Waals surface area contributed by atoms with E-state index in [0.29, 0.717) is 17.6 Å². The molecule has 0 aliphatic heterocycles. The Morgan fingerprint density at radius 1 is 1.25 bits per heavy atom. The Kier molecular flexibility index (Phi) is 3.18. The summed E-state index contributed by atoms with van der Waals surface area (Å²) in [6, 6.07) is 7.71. The van der Waals surface area contributed by atoms with E-state index >= 15 is 0 Å². The van der Waals surface area contributed by atoms with E-state index in [4.69, 9.17) is 10.5 Å². The number of nitrogen functional groups attached to an aromatic ring is 1. The molecule has 0 amide bonds. The number of rotatable bonds is 4. The normalized spacial score (nSPS) is 14.1. The van der Waals surface area contributed by atoms with Crippen molar-refractivity contribution in [3.8, 4) is 5.75 Å². The zero-order valence-electron chi connectivity index (χ0n) is 11.7. The van der Waals surface area contributed by atoms with Crippen molar-refractivity contribution in [2.45, 2.75) is 25.7 Å². The first-order valence-corrected chi connectivity index (χ1v) is 6.72. The Labute approximate surface area is 118 Å². The molecule has 1 saturated carbocycles.